The number of carboxylic acids is 1. The summed E-state index contributed by atoms with van der Waals surface area (Å²) in [6, 6.07) is 22.3. The Balaban J connectivity index is 1.62. The molecular formula is C26H19NO4. The van der Waals surface area contributed by atoms with E-state index < -0.39 is 17.3 Å². The topological polar surface area (TPSA) is 74.7 Å². The van der Waals surface area contributed by atoms with Crippen molar-refractivity contribution in [3.8, 4) is 0 Å². The maximum absolute atomic E-state index is 14.0. The number of amides is 2. The first-order valence-corrected chi connectivity index (χ1v) is 10.3. The number of carboxylic acid groups (broad SMARTS) is 1. The Morgan fingerprint density at radius 3 is 1.94 bits per heavy atom. The monoisotopic (exact) mass is 409 g/mol. The molecule has 4 aliphatic rings. The van der Waals surface area contributed by atoms with Crippen LogP contribution in [0.4, 0.5) is 5.69 Å². The summed E-state index contributed by atoms with van der Waals surface area (Å²) in [4.78, 5) is 40.8. The lowest BCUT2D eigenvalue weighted by Crippen LogP contribution is -2.49. The number of hydrogen-bond acceptors (Lipinski definition) is 3. The minimum Gasteiger partial charge on any atom is -0.478 e. The third kappa shape index (κ3) is 2.03. The summed E-state index contributed by atoms with van der Waals surface area (Å²) in [5.74, 6) is -2.87. The maximum Gasteiger partial charge on any atom is 0.337 e. The first-order chi connectivity index (χ1) is 15.0. The highest BCUT2D eigenvalue weighted by atomic mass is 16.4. The number of aromatic carboxylic acids is 1. The van der Waals surface area contributed by atoms with Crippen LogP contribution in [-0.4, -0.2) is 22.9 Å². The van der Waals surface area contributed by atoms with E-state index in [4.69, 9.17) is 0 Å². The van der Waals surface area contributed by atoms with Crippen molar-refractivity contribution >= 4 is 23.5 Å². The Kier molecular flexibility index (Phi) is 3.45. The van der Waals surface area contributed by atoms with Gasteiger partial charge < -0.3 is 5.11 Å². The smallest absolute Gasteiger partial charge is 0.337 e. The molecule has 2 amide bonds. The molecule has 1 fully saturated rings. The summed E-state index contributed by atoms with van der Waals surface area (Å²) in [7, 11) is 0. The highest BCUT2D eigenvalue weighted by Gasteiger charge is 2.69. The van der Waals surface area contributed by atoms with E-state index in [2.05, 4.69) is 12.1 Å². The molecular weight excluding hydrogens is 390 g/mol. The number of carbonyl (C=O) groups is 3. The summed E-state index contributed by atoms with van der Waals surface area (Å²) in [5.41, 5.74) is 3.46. The van der Waals surface area contributed by atoms with Crippen molar-refractivity contribution in [2.24, 2.45) is 11.3 Å². The lowest BCUT2D eigenvalue weighted by atomic mass is 9.48. The van der Waals surface area contributed by atoms with Gasteiger partial charge >= 0.3 is 5.97 Å². The molecule has 0 saturated carbocycles. The standard InChI is InChI=1S/C26H19NO4/c1-26-21-16-10-4-2-8-14(16)20(15-9-3-5-11-17(15)21)22(26)23(28)27(25(26)31)19-13-7-6-12-18(19)24(29)30/h2-13,20-22H,1H3,(H,29,30). The summed E-state index contributed by atoms with van der Waals surface area (Å²) < 4.78 is 0. The highest BCUT2D eigenvalue weighted by molar-refractivity contribution is 6.26. The fourth-order valence-electron chi connectivity index (χ4n) is 6.19. The Hall–Kier alpha value is -3.73. The van der Waals surface area contributed by atoms with Crippen LogP contribution < -0.4 is 4.90 Å². The summed E-state index contributed by atoms with van der Waals surface area (Å²) in [6.45, 7) is 1.88. The zero-order valence-corrected chi connectivity index (χ0v) is 16.8. The third-order valence-corrected chi connectivity index (χ3v) is 7.39. The van der Waals surface area contributed by atoms with Crippen LogP contribution in [0.1, 0.15) is 51.4 Å². The van der Waals surface area contributed by atoms with Gasteiger partial charge in [0.1, 0.15) is 0 Å². The van der Waals surface area contributed by atoms with Gasteiger partial charge in [0.05, 0.1) is 22.6 Å². The quantitative estimate of drug-likeness (QED) is 0.645. The molecule has 31 heavy (non-hydrogen) atoms. The van der Waals surface area contributed by atoms with Gasteiger partial charge in [-0.15, -0.1) is 0 Å². The zero-order valence-electron chi connectivity index (χ0n) is 16.8. The summed E-state index contributed by atoms with van der Waals surface area (Å²) in [5, 5.41) is 9.67. The van der Waals surface area contributed by atoms with Gasteiger partial charge in [-0.3, -0.25) is 9.59 Å². The number of rotatable bonds is 2. The number of hydrogen-bond donors (Lipinski definition) is 1. The Bertz CT molecular complexity index is 1260. The highest BCUT2D eigenvalue weighted by Crippen LogP contribution is 2.67. The fraction of sp³-hybridized carbons (Fsp3) is 0.192. The van der Waals surface area contributed by atoms with E-state index in [-0.39, 0.29) is 34.9 Å². The van der Waals surface area contributed by atoms with Crippen molar-refractivity contribution in [3.05, 3.63) is 101 Å². The Morgan fingerprint density at radius 1 is 0.839 bits per heavy atom. The molecule has 5 heteroatoms. The minimum atomic E-state index is -1.16. The number of nitrogens with zero attached hydrogens (tertiary/aromatic N) is 1. The first kappa shape index (κ1) is 18.1. The van der Waals surface area contributed by atoms with Gasteiger partial charge in [-0.25, -0.2) is 9.69 Å². The SMILES string of the molecule is CC12C(=O)N(c3ccccc3C(=O)O)C(=O)C1C1c3ccccc3C2c2ccccc21. The molecule has 1 aliphatic heterocycles. The van der Waals surface area contributed by atoms with Crippen LogP contribution in [0.15, 0.2) is 72.8 Å². The van der Waals surface area contributed by atoms with Gasteiger partial charge in [0.25, 0.3) is 0 Å². The molecule has 3 aliphatic carbocycles. The van der Waals surface area contributed by atoms with E-state index in [1.54, 1.807) is 18.2 Å². The molecule has 1 heterocycles. The molecule has 5 nitrogen and oxygen atoms in total. The lowest BCUT2D eigenvalue weighted by molar-refractivity contribution is -0.128. The molecule has 7 rings (SSSR count). The predicted molar refractivity (Wildman–Crippen MR) is 114 cm³/mol. The normalized spacial score (nSPS) is 27.6. The molecule has 2 atom stereocenters. The predicted octanol–water partition coefficient (Wildman–Crippen LogP) is 4.17. The number of anilines is 1. The van der Waals surface area contributed by atoms with E-state index in [0.717, 1.165) is 27.2 Å². The van der Waals surface area contributed by atoms with E-state index in [9.17, 15) is 19.5 Å². The van der Waals surface area contributed by atoms with Crippen molar-refractivity contribution < 1.29 is 19.5 Å². The van der Waals surface area contributed by atoms with Crippen molar-refractivity contribution in [1.82, 2.24) is 0 Å². The van der Waals surface area contributed by atoms with E-state index in [1.165, 1.54) is 6.07 Å². The van der Waals surface area contributed by atoms with Crippen molar-refractivity contribution in [2.45, 2.75) is 18.8 Å². The average molecular weight is 409 g/mol. The second-order valence-electron chi connectivity index (χ2n) is 8.73. The fourth-order valence-corrected chi connectivity index (χ4v) is 6.19. The molecule has 2 unspecified atom stereocenters. The van der Waals surface area contributed by atoms with Crippen LogP contribution in [0.2, 0.25) is 0 Å². The number of benzene rings is 3. The molecule has 3 aromatic rings. The summed E-state index contributed by atoms with van der Waals surface area (Å²) in [6.07, 6.45) is 0. The second kappa shape index (κ2) is 5.91. The molecule has 2 bridgehead atoms. The maximum atomic E-state index is 14.0. The average Bonchev–Trinajstić information content (AvgIpc) is 2.99. The second-order valence-corrected chi connectivity index (χ2v) is 8.73. The van der Waals surface area contributed by atoms with Crippen LogP contribution in [0.3, 0.4) is 0 Å². The number of para-hydroxylation sites is 1. The van der Waals surface area contributed by atoms with Crippen molar-refractivity contribution in [2.75, 3.05) is 4.90 Å². The number of imide groups is 1. The molecule has 3 aromatic carbocycles. The van der Waals surface area contributed by atoms with Crippen LogP contribution >= 0.6 is 0 Å². The van der Waals surface area contributed by atoms with Gasteiger partial charge in [-0.1, -0.05) is 60.7 Å². The van der Waals surface area contributed by atoms with Crippen LogP contribution in [0.25, 0.3) is 0 Å². The lowest BCUT2D eigenvalue weighted by Gasteiger charge is -2.51. The Labute approximate surface area is 178 Å². The summed E-state index contributed by atoms with van der Waals surface area (Å²) >= 11 is 0. The third-order valence-electron chi connectivity index (χ3n) is 7.39. The molecule has 1 N–H and O–H groups in total. The van der Waals surface area contributed by atoms with Gasteiger partial charge in [0, 0.05) is 11.8 Å². The molecule has 0 radical (unpaired) electrons. The van der Waals surface area contributed by atoms with Crippen LogP contribution in [0, 0.1) is 11.3 Å². The van der Waals surface area contributed by atoms with Crippen LogP contribution in [0.5, 0.6) is 0 Å². The van der Waals surface area contributed by atoms with Gasteiger partial charge in [-0.2, -0.15) is 0 Å². The van der Waals surface area contributed by atoms with Gasteiger partial charge in [0.2, 0.25) is 11.8 Å². The first-order valence-electron chi connectivity index (χ1n) is 10.3. The minimum absolute atomic E-state index is 0.0474. The zero-order chi connectivity index (χ0) is 21.5. The van der Waals surface area contributed by atoms with E-state index >= 15 is 0 Å². The Morgan fingerprint density at radius 2 is 1.35 bits per heavy atom. The van der Waals surface area contributed by atoms with E-state index in [0.29, 0.717) is 0 Å². The molecule has 0 aromatic heterocycles. The largest absolute Gasteiger partial charge is 0.478 e. The van der Waals surface area contributed by atoms with Crippen molar-refractivity contribution in [3.63, 3.8) is 0 Å². The number of carbonyl (C=O) groups excluding carboxylic acids is 2. The van der Waals surface area contributed by atoms with Gasteiger partial charge in [0.15, 0.2) is 0 Å². The molecule has 1 saturated heterocycles. The molecule has 152 valence electrons. The van der Waals surface area contributed by atoms with Crippen molar-refractivity contribution in [1.29, 1.82) is 0 Å². The van der Waals surface area contributed by atoms with Gasteiger partial charge in [-0.05, 0) is 41.3 Å². The molecule has 0 spiro atoms. The van der Waals surface area contributed by atoms with E-state index in [1.807, 2.05) is 43.3 Å². The van der Waals surface area contributed by atoms with Crippen LogP contribution in [-0.2, 0) is 9.59 Å².